The molecule has 9 heteroatoms. The fourth-order valence-corrected chi connectivity index (χ4v) is 1.93. The molecule has 0 fully saturated rings. The van der Waals surface area contributed by atoms with Crippen LogP contribution in [0.15, 0.2) is 30.3 Å². The number of carbonyl (C=O) groups is 1. The zero-order valence-corrected chi connectivity index (χ0v) is 10.8. The van der Waals surface area contributed by atoms with Crippen LogP contribution in [-0.2, 0) is 4.79 Å². The molecule has 0 spiro atoms. The highest BCUT2D eigenvalue weighted by atomic mass is 16.7. The summed E-state index contributed by atoms with van der Waals surface area (Å²) in [5.74, 6) is -3.03. The molecular formula is C11H13N3O6. The van der Waals surface area contributed by atoms with Gasteiger partial charge in [-0.3, -0.25) is 10.1 Å². The van der Waals surface area contributed by atoms with Crippen molar-refractivity contribution < 1.29 is 19.9 Å². The van der Waals surface area contributed by atoms with Crippen LogP contribution in [0.2, 0.25) is 0 Å². The van der Waals surface area contributed by atoms with Gasteiger partial charge < -0.3 is 5.11 Å². The van der Waals surface area contributed by atoms with Gasteiger partial charge >= 0.3 is 11.6 Å². The third-order valence-corrected chi connectivity index (χ3v) is 2.89. The Labute approximate surface area is 113 Å². The van der Waals surface area contributed by atoms with Crippen molar-refractivity contribution in [3.63, 3.8) is 0 Å². The highest BCUT2D eigenvalue weighted by molar-refractivity contribution is 5.81. The molecule has 0 saturated heterocycles. The topological polar surface area (TPSA) is 127 Å². The van der Waals surface area contributed by atoms with Crippen molar-refractivity contribution in [3.8, 4) is 0 Å². The van der Waals surface area contributed by atoms with Gasteiger partial charge in [0.25, 0.3) is 0 Å². The summed E-state index contributed by atoms with van der Waals surface area (Å²) in [5, 5.41) is 30.8. The number of hydrogen-bond donors (Lipinski definition) is 1. The van der Waals surface area contributed by atoms with E-state index in [0.29, 0.717) is 0 Å². The van der Waals surface area contributed by atoms with E-state index in [1.807, 2.05) is 0 Å². The van der Waals surface area contributed by atoms with Crippen LogP contribution < -0.4 is 5.01 Å². The van der Waals surface area contributed by atoms with Gasteiger partial charge in [-0.1, -0.05) is 32.0 Å². The van der Waals surface area contributed by atoms with Crippen molar-refractivity contribution in [1.82, 2.24) is 0 Å². The predicted molar refractivity (Wildman–Crippen MR) is 68.1 cm³/mol. The lowest BCUT2D eigenvalue weighted by molar-refractivity contribution is -0.631. The maximum Gasteiger partial charge on any atom is 0.446 e. The van der Waals surface area contributed by atoms with Gasteiger partial charge in [0.1, 0.15) is 5.69 Å². The van der Waals surface area contributed by atoms with Gasteiger partial charge in [0, 0.05) is 0 Å². The molecule has 0 bridgehead atoms. The molecule has 9 nitrogen and oxygen atoms in total. The quantitative estimate of drug-likeness (QED) is 0.474. The fraction of sp³-hybridized carbons (Fsp3) is 0.364. The maximum absolute atomic E-state index is 11.4. The Morgan fingerprint density at radius 3 is 2.05 bits per heavy atom. The first kappa shape index (κ1) is 15.3. The zero-order valence-electron chi connectivity index (χ0n) is 10.8. The van der Waals surface area contributed by atoms with Gasteiger partial charge in [-0.05, 0) is 17.1 Å². The molecule has 0 aliphatic carbocycles. The number of carboxylic acids is 1. The average molecular weight is 283 g/mol. The molecule has 20 heavy (non-hydrogen) atoms. The number of hydrogen-bond acceptors (Lipinski definition) is 5. The molecule has 1 atom stereocenters. The smallest absolute Gasteiger partial charge is 0.446 e. The monoisotopic (exact) mass is 283 g/mol. The van der Waals surface area contributed by atoms with Gasteiger partial charge in [0.05, 0.1) is 10.8 Å². The Morgan fingerprint density at radius 2 is 1.75 bits per heavy atom. The van der Waals surface area contributed by atoms with E-state index in [9.17, 15) is 30.1 Å². The Bertz CT molecular complexity index is 516. The number of aliphatic carboxylic acids is 1. The molecule has 1 N–H and O–H groups in total. The molecule has 0 amide bonds. The third kappa shape index (κ3) is 2.25. The van der Waals surface area contributed by atoms with Gasteiger partial charge in [0.2, 0.25) is 0 Å². The van der Waals surface area contributed by atoms with Crippen LogP contribution in [0.3, 0.4) is 0 Å². The number of hydrazine groups is 1. The van der Waals surface area contributed by atoms with Crippen molar-refractivity contribution >= 4 is 11.7 Å². The lowest BCUT2D eigenvalue weighted by atomic mass is 9.95. The van der Waals surface area contributed by atoms with E-state index in [-0.39, 0.29) is 10.7 Å². The standard InChI is InChI=1S/C11H13N3O6/c1-8(2)11(10(15)16,13(17)18)12(14(19)20)9-6-4-3-5-7-9/h3-8H,1-2H3,(H,15,16)/t11-/m1/s1. The Hall–Kier alpha value is -2.71. The number of para-hydroxylation sites is 1. The molecule has 0 aliphatic rings. The molecule has 1 aromatic carbocycles. The van der Waals surface area contributed by atoms with Crippen LogP contribution in [0.4, 0.5) is 5.69 Å². The third-order valence-electron chi connectivity index (χ3n) is 2.89. The minimum Gasteiger partial charge on any atom is -0.474 e. The summed E-state index contributed by atoms with van der Waals surface area (Å²) in [6.45, 7) is 2.49. The van der Waals surface area contributed by atoms with Gasteiger partial charge in [0.15, 0.2) is 5.03 Å². The second kappa shape index (κ2) is 5.51. The number of carboxylic acid groups (broad SMARTS) is 1. The lowest BCUT2D eigenvalue weighted by Crippen LogP contribution is -2.65. The molecular weight excluding hydrogens is 270 g/mol. The fourth-order valence-electron chi connectivity index (χ4n) is 1.93. The first-order valence-corrected chi connectivity index (χ1v) is 5.63. The van der Waals surface area contributed by atoms with Crippen molar-refractivity contribution in [2.75, 3.05) is 5.01 Å². The van der Waals surface area contributed by atoms with Crippen LogP contribution in [0, 0.1) is 26.1 Å². The van der Waals surface area contributed by atoms with E-state index >= 15 is 0 Å². The number of nitrogens with zero attached hydrogens (tertiary/aromatic N) is 3. The molecule has 108 valence electrons. The largest absolute Gasteiger partial charge is 0.474 e. The van der Waals surface area contributed by atoms with Crippen LogP contribution in [-0.4, -0.2) is 26.7 Å². The van der Waals surface area contributed by atoms with Crippen molar-refractivity contribution in [2.24, 2.45) is 5.92 Å². The van der Waals surface area contributed by atoms with Crippen LogP contribution in [0.1, 0.15) is 13.8 Å². The lowest BCUT2D eigenvalue weighted by Gasteiger charge is -2.29. The SMILES string of the molecule is CC(C)[C@@](C(=O)O)(N(c1ccccc1)[N+](=O)[O-])[N+](=O)[O-]. The molecule has 0 saturated carbocycles. The molecule has 1 rings (SSSR count). The zero-order chi connectivity index (χ0) is 15.5. The highest BCUT2D eigenvalue weighted by Crippen LogP contribution is 2.31. The second-order valence-corrected chi connectivity index (χ2v) is 4.33. The van der Waals surface area contributed by atoms with Crippen LogP contribution in [0.5, 0.6) is 0 Å². The summed E-state index contributed by atoms with van der Waals surface area (Å²) >= 11 is 0. The molecule has 0 radical (unpaired) electrons. The van der Waals surface area contributed by atoms with Crippen LogP contribution in [0.25, 0.3) is 0 Å². The molecule has 0 heterocycles. The van der Waals surface area contributed by atoms with E-state index in [0.717, 1.165) is 0 Å². The van der Waals surface area contributed by atoms with Gasteiger partial charge in [-0.25, -0.2) is 14.9 Å². The molecule has 0 aromatic heterocycles. The van der Waals surface area contributed by atoms with Gasteiger partial charge in [-0.2, -0.15) is 0 Å². The van der Waals surface area contributed by atoms with E-state index in [1.54, 1.807) is 6.07 Å². The van der Waals surface area contributed by atoms with E-state index < -0.39 is 27.5 Å². The number of nitro groups is 2. The van der Waals surface area contributed by atoms with Gasteiger partial charge in [-0.15, -0.1) is 0 Å². The van der Waals surface area contributed by atoms with E-state index in [1.165, 1.54) is 38.1 Å². The molecule has 0 aliphatic heterocycles. The van der Waals surface area contributed by atoms with E-state index in [4.69, 9.17) is 0 Å². The summed E-state index contributed by atoms with van der Waals surface area (Å²) in [7, 11) is 0. The summed E-state index contributed by atoms with van der Waals surface area (Å²) in [6.07, 6.45) is 0. The minimum absolute atomic E-state index is 0.0833. The van der Waals surface area contributed by atoms with E-state index in [2.05, 4.69) is 0 Å². The molecule has 1 aromatic rings. The Balaban J connectivity index is 3.61. The predicted octanol–water partition coefficient (Wildman–Crippen LogP) is 1.40. The van der Waals surface area contributed by atoms with Crippen molar-refractivity contribution in [1.29, 1.82) is 0 Å². The second-order valence-electron chi connectivity index (χ2n) is 4.33. The molecule has 0 unspecified atom stereocenters. The number of benzene rings is 1. The van der Waals surface area contributed by atoms with Crippen molar-refractivity contribution in [2.45, 2.75) is 19.5 Å². The minimum atomic E-state index is -2.88. The first-order chi connectivity index (χ1) is 9.26. The Morgan fingerprint density at radius 1 is 1.25 bits per heavy atom. The highest BCUT2D eigenvalue weighted by Gasteiger charge is 2.66. The number of anilines is 1. The van der Waals surface area contributed by atoms with Crippen LogP contribution >= 0.6 is 0 Å². The number of rotatable bonds is 6. The summed E-state index contributed by atoms with van der Waals surface area (Å²) in [5.41, 5.74) is -3.06. The maximum atomic E-state index is 11.4. The summed E-state index contributed by atoms with van der Waals surface area (Å²) in [6, 6.07) is 6.90. The average Bonchev–Trinajstić information content (AvgIpc) is 2.34. The summed E-state index contributed by atoms with van der Waals surface area (Å²) < 4.78 is 0. The first-order valence-electron chi connectivity index (χ1n) is 5.63. The Kier molecular flexibility index (Phi) is 4.23. The normalized spacial score (nSPS) is 13.6. The summed E-state index contributed by atoms with van der Waals surface area (Å²) in [4.78, 5) is 32.8. The van der Waals surface area contributed by atoms with Crippen molar-refractivity contribution in [3.05, 3.63) is 50.6 Å².